The quantitative estimate of drug-likeness (QED) is 0.878. The van der Waals surface area contributed by atoms with Crippen LogP contribution in [0, 0.1) is 0 Å². The van der Waals surface area contributed by atoms with Crippen LogP contribution in [0.3, 0.4) is 0 Å². The van der Waals surface area contributed by atoms with E-state index in [-0.39, 0.29) is 0 Å². The van der Waals surface area contributed by atoms with Crippen molar-refractivity contribution in [1.82, 2.24) is 5.32 Å². The number of benzene rings is 1. The highest BCUT2D eigenvalue weighted by atomic mass is 32.1. The fourth-order valence-electron chi connectivity index (χ4n) is 2.11. The zero-order valence-corrected chi connectivity index (χ0v) is 12.9. The van der Waals surface area contributed by atoms with Gasteiger partial charge in [0.2, 0.25) is 0 Å². The largest absolute Gasteiger partial charge is 0.367 e. The average molecular weight is 274 g/mol. The van der Waals surface area contributed by atoms with Crippen molar-refractivity contribution in [2.45, 2.75) is 25.9 Å². The Kier molecular flexibility index (Phi) is 4.61. The van der Waals surface area contributed by atoms with Gasteiger partial charge >= 0.3 is 0 Å². The minimum absolute atomic E-state index is 0.397. The van der Waals surface area contributed by atoms with Crippen molar-refractivity contribution in [3.05, 3.63) is 52.2 Å². The lowest BCUT2D eigenvalue weighted by Crippen LogP contribution is -2.21. The lowest BCUT2D eigenvalue weighted by atomic mass is 10.1. The Hall–Kier alpha value is -1.32. The van der Waals surface area contributed by atoms with Crippen molar-refractivity contribution in [2.75, 3.05) is 19.0 Å². The number of thiophene rings is 1. The van der Waals surface area contributed by atoms with Crippen molar-refractivity contribution in [3.8, 4) is 0 Å². The molecule has 2 atom stereocenters. The maximum atomic E-state index is 3.26. The number of rotatable bonds is 5. The van der Waals surface area contributed by atoms with Gasteiger partial charge in [0.15, 0.2) is 0 Å². The summed E-state index contributed by atoms with van der Waals surface area (Å²) in [7, 11) is 4.14. The van der Waals surface area contributed by atoms with Gasteiger partial charge in [-0.15, -0.1) is 11.3 Å². The summed E-state index contributed by atoms with van der Waals surface area (Å²) in [6.45, 7) is 4.42. The van der Waals surface area contributed by atoms with Gasteiger partial charge < -0.3 is 10.2 Å². The molecule has 0 amide bonds. The summed E-state index contributed by atoms with van der Waals surface area (Å²) >= 11 is 1.81. The van der Waals surface area contributed by atoms with Crippen LogP contribution < -0.4 is 10.2 Å². The fourth-order valence-corrected chi connectivity index (χ4v) is 2.93. The van der Waals surface area contributed by atoms with E-state index >= 15 is 0 Å². The van der Waals surface area contributed by atoms with Gasteiger partial charge in [0.1, 0.15) is 0 Å². The van der Waals surface area contributed by atoms with Crippen molar-refractivity contribution in [1.29, 1.82) is 0 Å². The summed E-state index contributed by atoms with van der Waals surface area (Å²) in [5.41, 5.74) is 2.58. The lowest BCUT2D eigenvalue weighted by Gasteiger charge is -2.26. The van der Waals surface area contributed by atoms with Gasteiger partial charge in [-0.25, -0.2) is 0 Å². The topological polar surface area (TPSA) is 15.3 Å². The predicted molar refractivity (Wildman–Crippen MR) is 85.1 cm³/mol. The molecule has 0 saturated heterocycles. The molecule has 0 spiro atoms. The first kappa shape index (κ1) is 14.1. The Morgan fingerprint density at radius 3 is 2.32 bits per heavy atom. The molecule has 0 aliphatic rings. The van der Waals surface area contributed by atoms with Gasteiger partial charge in [0.25, 0.3) is 0 Å². The highest BCUT2D eigenvalue weighted by Crippen LogP contribution is 2.28. The van der Waals surface area contributed by atoms with E-state index in [9.17, 15) is 0 Å². The van der Waals surface area contributed by atoms with Gasteiger partial charge in [0, 0.05) is 23.7 Å². The third kappa shape index (κ3) is 3.17. The van der Waals surface area contributed by atoms with E-state index in [1.165, 1.54) is 16.1 Å². The Morgan fingerprint density at radius 1 is 1.11 bits per heavy atom. The summed E-state index contributed by atoms with van der Waals surface area (Å²) in [4.78, 5) is 3.72. The molecule has 0 saturated carbocycles. The Bertz CT molecular complexity index is 490. The van der Waals surface area contributed by atoms with Crippen LogP contribution in [0.1, 0.15) is 36.4 Å². The maximum absolute atomic E-state index is 3.26. The normalized spacial score (nSPS) is 14.1. The lowest BCUT2D eigenvalue weighted by molar-refractivity contribution is 0.652. The molecule has 3 heteroatoms. The van der Waals surface area contributed by atoms with E-state index in [0.717, 1.165) is 0 Å². The predicted octanol–water partition coefficient (Wildman–Crippen LogP) is 4.23. The highest BCUT2D eigenvalue weighted by molar-refractivity contribution is 7.10. The second-order valence-electron chi connectivity index (χ2n) is 4.90. The molecule has 2 nitrogen and oxygen atoms in total. The fraction of sp³-hybridized carbons (Fsp3) is 0.375. The van der Waals surface area contributed by atoms with Crippen LogP contribution in [0.15, 0.2) is 41.8 Å². The first-order valence-electron chi connectivity index (χ1n) is 6.67. The van der Waals surface area contributed by atoms with E-state index in [0.29, 0.717) is 12.1 Å². The molecule has 1 aromatic heterocycles. The van der Waals surface area contributed by atoms with Crippen LogP contribution in [-0.2, 0) is 0 Å². The first-order valence-corrected chi connectivity index (χ1v) is 7.55. The Labute approximate surface area is 120 Å². The van der Waals surface area contributed by atoms with Crippen LogP contribution >= 0.6 is 11.3 Å². The Balaban J connectivity index is 2.13. The zero-order valence-electron chi connectivity index (χ0n) is 12.1. The molecular formula is C16H22N2S. The Morgan fingerprint density at radius 2 is 1.79 bits per heavy atom. The molecule has 2 rings (SSSR count). The van der Waals surface area contributed by atoms with Crippen molar-refractivity contribution < 1.29 is 0 Å². The van der Waals surface area contributed by atoms with Crippen LogP contribution in [0.5, 0.6) is 0 Å². The van der Waals surface area contributed by atoms with Gasteiger partial charge in [-0.2, -0.15) is 0 Å². The number of nitrogens with one attached hydrogen (secondary N) is 1. The second-order valence-corrected chi connectivity index (χ2v) is 5.88. The standard InChI is InChI=1S/C16H22N2S/c1-12(17-3)14-7-9-15(10-8-14)18(4)13(2)16-6-5-11-19-16/h5-13,17H,1-4H3. The van der Waals surface area contributed by atoms with E-state index in [4.69, 9.17) is 0 Å². The second kappa shape index (κ2) is 6.22. The van der Waals surface area contributed by atoms with E-state index < -0.39 is 0 Å². The monoisotopic (exact) mass is 274 g/mol. The molecule has 1 aromatic carbocycles. The summed E-state index contributed by atoms with van der Waals surface area (Å²) in [5.74, 6) is 0. The zero-order chi connectivity index (χ0) is 13.8. The smallest absolute Gasteiger partial charge is 0.0603 e. The summed E-state index contributed by atoms with van der Waals surface area (Å²) in [6, 6.07) is 13.9. The molecule has 0 radical (unpaired) electrons. The molecule has 1 heterocycles. The maximum Gasteiger partial charge on any atom is 0.0603 e. The van der Waals surface area contributed by atoms with Crippen molar-refractivity contribution >= 4 is 17.0 Å². The average Bonchev–Trinajstić information content (AvgIpc) is 2.99. The van der Waals surface area contributed by atoms with Crippen molar-refractivity contribution in [2.24, 2.45) is 0 Å². The highest BCUT2D eigenvalue weighted by Gasteiger charge is 2.13. The number of hydrogen-bond acceptors (Lipinski definition) is 3. The van der Waals surface area contributed by atoms with E-state index in [1.54, 1.807) is 0 Å². The minimum atomic E-state index is 0.397. The minimum Gasteiger partial charge on any atom is -0.367 e. The third-order valence-electron chi connectivity index (χ3n) is 3.77. The van der Waals surface area contributed by atoms with Gasteiger partial charge in [-0.3, -0.25) is 0 Å². The molecule has 2 aromatic rings. The van der Waals surface area contributed by atoms with E-state index in [1.807, 2.05) is 18.4 Å². The summed E-state index contributed by atoms with van der Waals surface area (Å²) < 4.78 is 0. The van der Waals surface area contributed by atoms with Gasteiger partial charge in [0.05, 0.1) is 6.04 Å². The molecule has 2 unspecified atom stereocenters. The summed E-state index contributed by atoms with van der Waals surface area (Å²) in [5, 5.41) is 5.40. The molecule has 0 bridgehead atoms. The number of nitrogens with zero attached hydrogens (tertiary/aromatic N) is 1. The van der Waals surface area contributed by atoms with Crippen LogP contribution in [0.2, 0.25) is 0 Å². The number of anilines is 1. The molecule has 0 aliphatic heterocycles. The molecule has 19 heavy (non-hydrogen) atoms. The summed E-state index contributed by atoms with van der Waals surface area (Å²) in [6.07, 6.45) is 0. The third-order valence-corrected chi connectivity index (χ3v) is 4.81. The van der Waals surface area contributed by atoms with Gasteiger partial charge in [-0.05, 0) is 50.0 Å². The van der Waals surface area contributed by atoms with Crippen LogP contribution in [-0.4, -0.2) is 14.1 Å². The van der Waals surface area contributed by atoms with Crippen LogP contribution in [0.25, 0.3) is 0 Å². The van der Waals surface area contributed by atoms with Gasteiger partial charge in [-0.1, -0.05) is 18.2 Å². The molecule has 0 fully saturated rings. The molecular weight excluding hydrogens is 252 g/mol. The molecule has 102 valence electrons. The first-order chi connectivity index (χ1) is 9.13. The van der Waals surface area contributed by atoms with Crippen molar-refractivity contribution in [3.63, 3.8) is 0 Å². The number of hydrogen-bond donors (Lipinski definition) is 1. The molecule has 0 aliphatic carbocycles. The van der Waals surface area contributed by atoms with E-state index in [2.05, 4.69) is 72.9 Å². The van der Waals surface area contributed by atoms with Crippen LogP contribution in [0.4, 0.5) is 5.69 Å². The SMILES string of the molecule is CNC(C)c1ccc(N(C)C(C)c2cccs2)cc1. The molecule has 1 N–H and O–H groups in total.